The van der Waals surface area contributed by atoms with E-state index in [1.54, 1.807) is 49.4 Å². The number of hydrogen-bond acceptors (Lipinski definition) is 7. The van der Waals surface area contributed by atoms with Gasteiger partial charge in [-0.1, -0.05) is 30.3 Å². The SMILES string of the molecule is CCOC(=O)C(Oc1ccc2c(c1)OC(=Cc1ccc([N+](=O)[O-])cc1)C2=O)c1ccccc1. The first-order valence-corrected chi connectivity index (χ1v) is 10.2. The number of carbonyl (C=O) groups is 2. The minimum atomic E-state index is -0.976. The lowest BCUT2D eigenvalue weighted by molar-refractivity contribution is -0.384. The largest absolute Gasteiger partial charge is 0.474 e. The summed E-state index contributed by atoms with van der Waals surface area (Å²) in [5.74, 6) is -0.137. The summed E-state index contributed by atoms with van der Waals surface area (Å²) in [5.41, 5.74) is 1.52. The Morgan fingerprint density at radius 1 is 1.09 bits per heavy atom. The van der Waals surface area contributed by atoms with E-state index in [2.05, 4.69) is 0 Å². The van der Waals surface area contributed by atoms with Gasteiger partial charge in [-0.15, -0.1) is 0 Å². The topological polar surface area (TPSA) is 105 Å². The van der Waals surface area contributed by atoms with Crippen LogP contribution in [-0.2, 0) is 9.53 Å². The van der Waals surface area contributed by atoms with Gasteiger partial charge in [-0.25, -0.2) is 4.79 Å². The third-order valence-corrected chi connectivity index (χ3v) is 4.90. The second kappa shape index (κ2) is 9.35. The van der Waals surface area contributed by atoms with Crippen LogP contribution >= 0.6 is 0 Å². The molecule has 0 N–H and O–H groups in total. The lowest BCUT2D eigenvalue weighted by Gasteiger charge is -2.18. The monoisotopic (exact) mass is 445 g/mol. The number of nitro groups is 1. The van der Waals surface area contributed by atoms with Crippen LogP contribution in [0.15, 0.2) is 78.6 Å². The molecule has 0 fully saturated rings. The van der Waals surface area contributed by atoms with Gasteiger partial charge in [-0.2, -0.15) is 0 Å². The van der Waals surface area contributed by atoms with E-state index in [-0.39, 0.29) is 23.8 Å². The summed E-state index contributed by atoms with van der Waals surface area (Å²) in [6, 6.07) is 19.4. The highest BCUT2D eigenvalue weighted by atomic mass is 16.6. The van der Waals surface area contributed by atoms with Crippen LogP contribution in [0.25, 0.3) is 6.08 Å². The van der Waals surface area contributed by atoms with Crippen molar-refractivity contribution in [1.82, 2.24) is 0 Å². The summed E-state index contributed by atoms with van der Waals surface area (Å²) in [5, 5.41) is 10.8. The van der Waals surface area contributed by atoms with E-state index in [1.807, 2.05) is 6.07 Å². The minimum Gasteiger partial charge on any atom is -0.474 e. The maximum Gasteiger partial charge on any atom is 0.352 e. The van der Waals surface area contributed by atoms with Gasteiger partial charge in [0.1, 0.15) is 11.5 Å². The molecule has 3 aromatic carbocycles. The van der Waals surface area contributed by atoms with Crippen LogP contribution in [0.1, 0.15) is 34.5 Å². The predicted octanol–water partition coefficient (Wildman–Crippen LogP) is 4.89. The number of ether oxygens (including phenoxy) is 3. The van der Waals surface area contributed by atoms with Gasteiger partial charge in [0.15, 0.2) is 5.76 Å². The van der Waals surface area contributed by atoms with Crippen LogP contribution in [0, 0.1) is 10.1 Å². The van der Waals surface area contributed by atoms with Crippen molar-refractivity contribution in [3.63, 3.8) is 0 Å². The molecule has 0 amide bonds. The number of rotatable bonds is 7. The predicted molar refractivity (Wildman–Crippen MR) is 119 cm³/mol. The van der Waals surface area contributed by atoms with E-state index < -0.39 is 17.0 Å². The fourth-order valence-corrected chi connectivity index (χ4v) is 3.32. The van der Waals surface area contributed by atoms with Gasteiger partial charge in [-0.05, 0) is 42.8 Å². The zero-order valence-electron chi connectivity index (χ0n) is 17.6. The third kappa shape index (κ3) is 4.74. The van der Waals surface area contributed by atoms with E-state index in [1.165, 1.54) is 30.3 Å². The van der Waals surface area contributed by atoms with Gasteiger partial charge in [0.25, 0.3) is 5.69 Å². The van der Waals surface area contributed by atoms with Crippen LogP contribution in [0.4, 0.5) is 5.69 Å². The highest BCUT2D eigenvalue weighted by Gasteiger charge is 2.29. The van der Waals surface area contributed by atoms with Gasteiger partial charge in [0, 0.05) is 23.8 Å². The number of Topliss-reactive ketones (excluding diaryl/α,β-unsaturated/α-hetero) is 1. The number of hydrogen-bond donors (Lipinski definition) is 0. The Labute approximate surface area is 189 Å². The number of fused-ring (bicyclic) bond motifs is 1. The van der Waals surface area contributed by atoms with E-state index in [9.17, 15) is 19.7 Å². The van der Waals surface area contributed by atoms with Crippen molar-refractivity contribution in [3.05, 3.63) is 105 Å². The summed E-state index contributed by atoms with van der Waals surface area (Å²) in [6.45, 7) is 1.93. The molecule has 1 unspecified atom stereocenters. The van der Waals surface area contributed by atoms with Crippen molar-refractivity contribution in [2.45, 2.75) is 13.0 Å². The van der Waals surface area contributed by atoms with Crippen LogP contribution in [0.5, 0.6) is 11.5 Å². The first kappa shape index (κ1) is 21.8. The second-order valence-corrected chi connectivity index (χ2v) is 7.11. The Hall–Kier alpha value is -4.46. The maximum absolute atomic E-state index is 12.7. The molecule has 8 heteroatoms. The number of nitro benzene ring substituents is 1. The van der Waals surface area contributed by atoms with Crippen LogP contribution < -0.4 is 9.47 Å². The van der Waals surface area contributed by atoms with Gasteiger partial charge >= 0.3 is 5.97 Å². The van der Waals surface area contributed by atoms with Crippen LogP contribution in [0.3, 0.4) is 0 Å². The fourth-order valence-electron chi connectivity index (χ4n) is 3.32. The zero-order valence-corrected chi connectivity index (χ0v) is 17.6. The Morgan fingerprint density at radius 2 is 1.82 bits per heavy atom. The van der Waals surface area contributed by atoms with Gasteiger partial charge in [0.05, 0.1) is 17.1 Å². The van der Waals surface area contributed by atoms with Crippen molar-refractivity contribution in [3.8, 4) is 11.5 Å². The quantitative estimate of drug-likeness (QED) is 0.221. The first-order chi connectivity index (χ1) is 16.0. The van der Waals surface area contributed by atoms with Crippen molar-refractivity contribution in [1.29, 1.82) is 0 Å². The zero-order chi connectivity index (χ0) is 23.4. The van der Waals surface area contributed by atoms with Gasteiger partial charge in [-0.3, -0.25) is 14.9 Å². The number of allylic oxidation sites excluding steroid dienone is 1. The summed E-state index contributed by atoms with van der Waals surface area (Å²) in [6.07, 6.45) is 0.536. The minimum absolute atomic E-state index is 0.0459. The lowest BCUT2D eigenvalue weighted by Crippen LogP contribution is -2.21. The number of non-ortho nitro benzene ring substituents is 1. The molecule has 1 aliphatic rings. The number of benzene rings is 3. The van der Waals surface area contributed by atoms with Crippen molar-refractivity contribution < 1.29 is 28.7 Å². The van der Waals surface area contributed by atoms with Gasteiger partial charge < -0.3 is 14.2 Å². The van der Waals surface area contributed by atoms with E-state index in [0.29, 0.717) is 28.2 Å². The summed E-state index contributed by atoms with van der Waals surface area (Å²) in [7, 11) is 0. The fraction of sp³-hybridized carbons (Fsp3) is 0.120. The second-order valence-electron chi connectivity index (χ2n) is 7.11. The van der Waals surface area contributed by atoms with Crippen molar-refractivity contribution >= 4 is 23.5 Å². The molecule has 4 rings (SSSR count). The standard InChI is InChI=1S/C25H19NO7/c1-2-31-25(28)24(17-6-4-3-5-7-17)32-19-12-13-20-21(15-19)33-22(23(20)27)14-16-8-10-18(11-9-16)26(29)30/h3-15,24H,2H2,1H3. The van der Waals surface area contributed by atoms with E-state index in [0.717, 1.165) is 0 Å². The molecule has 0 radical (unpaired) electrons. The maximum atomic E-state index is 12.7. The van der Waals surface area contributed by atoms with E-state index in [4.69, 9.17) is 14.2 Å². The molecule has 0 aliphatic carbocycles. The summed E-state index contributed by atoms with van der Waals surface area (Å²) in [4.78, 5) is 35.5. The molecule has 166 valence electrons. The van der Waals surface area contributed by atoms with Crippen LogP contribution in [-0.4, -0.2) is 23.3 Å². The highest BCUT2D eigenvalue weighted by Crippen LogP contribution is 2.36. The number of carbonyl (C=O) groups excluding carboxylic acids is 2. The Morgan fingerprint density at radius 3 is 2.48 bits per heavy atom. The smallest absolute Gasteiger partial charge is 0.352 e. The van der Waals surface area contributed by atoms with Crippen molar-refractivity contribution in [2.75, 3.05) is 6.61 Å². The summed E-state index contributed by atoms with van der Waals surface area (Å²) >= 11 is 0. The van der Waals surface area contributed by atoms with E-state index >= 15 is 0 Å². The lowest BCUT2D eigenvalue weighted by atomic mass is 10.1. The van der Waals surface area contributed by atoms with Gasteiger partial charge in [0.2, 0.25) is 11.9 Å². The Balaban J connectivity index is 1.57. The molecule has 0 bridgehead atoms. The summed E-state index contributed by atoms with van der Waals surface area (Å²) < 4.78 is 16.8. The Kier molecular flexibility index (Phi) is 6.17. The molecule has 1 heterocycles. The molecule has 1 atom stereocenters. The molecule has 0 saturated carbocycles. The third-order valence-electron chi connectivity index (χ3n) is 4.90. The average molecular weight is 445 g/mol. The molecule has 3 aromatic rings. The molecule has 33 heavy (non-hydrogen) atoms. The highest BCUT2D eigenvalue weighted by molar-refractivity contribution is 6.14. The molecule has 0 saturated heterocycles. The molecule has 8 nitrogen and oxygen atoms in total. The molecular weight excluding hydrogens is 426 g/mol. The number of nitrogens with zero attached hydrogens (tertiary/aromatic N) is 1. The molecule has 1 aliphatic heterocycles. The Bertz CT molecular complexity index is 1230. The van der Waals surface area contributed by atoms with Crippen LogP contribution in [0.2, 0.25) is 0 Å². The molecule has 0 spiro atoms. The number of esters is 1. The normalized spacial score (nSPS) is 14.3. The first-order valence-electron chi connectivity index (χ1n) is 10.2. The average Bonchev–Trinajstić information content (AvgIpc) is 3.13. The molecular formula is C25H19NO7. The molecule has 0 aromatic heterocycles. The number of ketones is 1. The van der Waals surface area contributed by atoms with Crippen molar-refractivity contribution in [2.24, 2.45) is 0 Å².